The first kappa shape index (κ1) is 23.9. The fraction of sp³-hybridized carbons (Fsp3) is 0.500. The lowest BCUT2D eigenvalue weighted by Crippen LogP contribution is -2.40. The van der Waals surface area contributed by atoms with Gasteiger partial charge < -0.3 is 24.4 Å². The highest BCUT2D eigenvalue weighted by atomic mass is 16.5. The SMILES string of the molecule is CCNC(=NCCCc1ccc(OC)c(OC)c1)N1CCC(COCc2ccccc2)C1. The van der Waals surface area contributed by atoms with Crippen molar-refractivity contribution in [3.05, 3.63) is 59.7 Å². The van der Waals surface area contributed by atoms with Gasteiger partial charge in [-0.2, -0.15) is 0 Å². The molecular formula is C26H37N3O3. The van der Waals surface area contributed by atoms with Crippen molar-refractivity contribution in [2.45, 2.75) is 32.8 Å². The summed E-state index contributed by atoms with van der Waals surface area (Å²) in [5, 5.41) is 3.46. The van der Waals surface area contributed by atoms with Crippen molar-refractivity contribution < 1.29 is 14.2 Å². The van der Waals surface area contributed by atoms with E-state index < -0.39 is 0 Å². The van der Waals surface area contributed by atoms with Gasteiger partial charge in [-0.15, -0.1) is 0 Å². The van der Waals surface area contributed by atoms with Gasteiger partial charge in [0.2, 0.25) is 0 Å². The van der Waals surface area contributed by atoms with Crippen LogP contribution in [0.3, 0.4) is 0 Å². The minimum absolute atomic E-state index is 0.550. The smallest absolute Gasteiger partial charge is 0.193 e. The predicted molar refractivity (Wildman–Crippen MR) is 130 cm³/mol. The number of aryl methyl sites for hydroxylation is 1. The van der Waals surface area contributed by atoms with E-state index in [0.717, 1.165) is 69.5 Å². The van der Waals surface area contributed by atoms with Gasteiger partial charge in [0.25, 0.3) is 0 Å². The van der Waals surface area contributed by atoms with E-state index in [1.807, 2.05) is 18.2 Å². The summed E-state index contributed by atoms with van der Waals surface area (Å²) in [5.74, 6) is 3.11. The van der Waals surface area contributed by atoms with Crippen LogP contribution in [0.25, 0.3) is 0 Å². The molecule has 3 rings (SSSR count). The largest absolute Gasteiger partial charge is 0.493 e. The van der Waals surface area contributed by atoms with Crippen LogP contribution < -0.4 is 14.8 Å². The van der Waals surface area contributed by atoms with Gasteiger partial charge in [0.15, 0.2) is 17.5 Å². The van der Waals surface area contributed by atoms with Gasteiger partial charge in [0.05, 0.1) is 27.4 Å². The molecule has 0 aliphatic carbocycles. The number of aliphatic imine (C=N–C) groups is 1. The fourth-order valence-corrected chi connectivity index (χ4v) is 4.01. The number of methoxy groups -OCH3 is 2. The molecule has 32 heavy (non-hydrogen) atoms. The molecule has 0 amide bonds. The van der Waals surface area contributed by atoms with Crippen molar-refractivity contribution in [1.82, 2.24) is 10.2 Å². The Morgan fingerprint density at radius 2 is 1.88 bits per heavy atom. The van der Waals surface area contributed by atoms with Crippen LogP contribution in [0.15, 0.2) is 53.5 Å². The number of guanidine groups is 1. The lowest BCUT2D eigenvalue weighted by molar-refractivity contribution is 0.0907. The van der Waals surface area contributed by atoms with Crippen LogP contribution >= 0.6 is 0 Å². The Bertz CT molecular complexity index is 841. The summed E-state index contributed by atoms with van der Waals surface area (Å²) < 4.78 is 16.7. The molecule has 6 nitrogen and oxygen atoms in total. The molecule has 1 aliphatic rings. The number of likely N-dealkylation sites (tertiary alicyclic amines) is 1. The Balaban J connectivity index is 1.44. The second kappa shape index (κ2) is 13.0. The minimum Gasteiger partial charge on any atom is -0.493 e. The normalized spacial score (nSPS) is 16.3. The van der Waals surface area contributed by atoms with E-state index >= 15 is 0 Å². The van der Waals surface area contributed by atoms with E-state index in [1.165, 1.54) is 11.1 Å². The highest BCUT2D eigenvalue weighted by molar-refractivity contribution is 5.80. The van der Waals surface area contributed by atoms with E-state index in [0.29, 0.717) is 12.5 Å². The topological polar surface area (TPSA) is 55.3 Å². The zero-order valence-electron chi connectivity index (χ0n) is 19.7. The Hall–Kier alpha value is -2.73. The Kier molecular flexibility index (Phi) is 9.69. The van der Waals surface area contributed by atoms with Crippen LogP contribution in [0.5, 0.6) is 11.5 Å². The number of benzene rings is 2. The number of rotatable bonds is 11. The molecule has 1 fully saturated rings. The van der Waals surface area contributed by atoms with E-state index in [4.69, 9.17) is 19.2 Å². The average Bonchev–Trinajstić information content (AvgIpc) is 3.30. The molecule has 1 saturated heterocycles. The number of hydrogen-bond donors (Lipinski definition) is 1. The molecule has 174 valence electrons. The molecule has 1 aliphatic heterocycles. The molecule has 0 aromatic heterocycles. The molecule has 0 spiro atoms. The quantitative estimate of drug-likeness (QED) is 0.324. The second-order valence-electron chi connectivity index (χ2n) is 8.13. The first-order chi connectivity index (χ1) is 15.7. The maximum Gasteiger partial charge on any atom is 0.193 e. The van der Waals surface area contributed by atoms with Crippen molar-refractivity contribution in [2.75, 3.05) is 47.0 Å². The number of nitrogens with zero attached hydrogens (tertiary/aromatic N) is 2. The van der Waals surface area contributed by atoms with E-state index in [9.17, 15) is 0 Å². The molecule has 1 N–H and O–H groups in total. The first-order valence-corrected chi connectivity index (χ1v) is 11.6. The van der Waals surface area contributed by atoms with E-state index in [-0.39, 0.29) is 0 Å². The third-order valence-electron chi connectivity index (χ3n) is 5.72. The van der Waals surface area contributed by atoms with Gasteiger partial charge >= 0.3 is 0 Å². The van der Waals surface area contributed by atoms with Crippen LogP contribution in [0.4, 0.5) is 0 Å². The maximum absolute atomic E-state index is 5.97. The van der Waals surface area contributed by atoms with Gasteiger partial charge in [-0.1, -0.05) is 36.4 Å². The van der Waals surface area contributed by atoms with Crippen molar-refractivity contribution in [3.8, 4) is 11.5 Å². The summed E-state index contributed by atoms with van der Waals surface area (Å²) in [6, 6.07) is 16.5. The number of nitrogens with one attached hydrogen (secondary N) is 1. The molecule has 1 heterocycles. The van der Waals surface area contributed by atoms with Gasteiger partial charge in [-0.05, 0) is 49.4 Å². The molecule has 2 aromatic carbocycles. The van der Waals surface area contributed by atoms with Crippen LogP contribution in [-0.4, -0.2) is 57.9 Å². The standard InChI is InChI=1S/C26H37N3O3/c1-4-27-26(28-15-8-11-21-12-13-24(30-2)25(17-21)31-3)29-16-14-23(18-29)20-32-19-22-9-6-5-7-10-22/h5-7,9-10,12-13,17,23H,4,8,11,14-16,18-20H2,1-3H3,(H,27,28). The van der Waals surface area contributed by atoms with Crippen LogP contribution in [0.2, 0.25) is 0 Å². The summed E-state index contributed by atoms with van der Waals surface area (Å²) in [6.45, 7) is 7.29. The van der Waals surface area contributed by atoms with E-state index in [1.54, 1.807) is 14.2 Å². The third-order valence-corrected chi connectivity index (χ3v) is 5.72. The van der Waals surface area contributed by atoms with Crippen molar-refractivity contribution in [2.24, 2.45) is 10.9 Å². The van der Waals surface area contributed by atoms with E-state index in [2.05, 4.69) is 47.5 Å². The Labute approximate surface area is 192 Å². The summed E-state index contributed by atoms with van der Waals surface area (Å²) in [7, 11) is 3.33. The first-order valence-electron chi connectivity index (χ1n) is 11.6. The molecule has 0 saturated carbocycles. The number of ether oxygens (including phenoxy) is 3. The van der Waals surface area contributed by atoms with Gasteiger partial charge in [0.1, 0.15) is 0 Å². The average molecular weight is 440 g/mol. The number of hydrogen-bond acceptors (Lipinski definition) is 4. The van der Waals surface area contributed by atoms with Crippen LogP contribution in [-0.2, 0) is 17.8 Å². The summed E-state index contributed by atoms with van der Waals surface area (Å²) in [5.41, 5.74) is 2.46. The van der Waals surface area contributed by atoms with Gasteiger partial charge in [-0.3, -0.25) is 4.99 Å². The Morgan fingerprint density at radius 1 is 1.06 bits per heavy atom. The van der Waals surface area contributed by atoms with Crippen molar-refractivity contribution in [1.29, 1.82) is 0 Å². The van der Waals surface area contributed by atoms with Crippen molar-refractivity contribution in [3.63, 3.8) is 0 Å². The molecule has 6 heteroatoms. The molecule has 0 bridgehead atoms. The summed E-state index contributed by atoms with van der Waals surface area (Å²) >= 11 is 0. The molecule has 0 radical (unpaired) electrons. The summed E-state index contributed by atoms with van der Waals surface area (Å²) in [6.07, 6.45) is 3.09. The highest BCUT2D eigenvalue weighted by Crippen LogP contribution is 2.28. The maximum atomic E-state index is 5.97. The lowest BCUT2D eigenvalue weighted by Gasteiger charge is -2.21. The third kappa shape index (κ3) is 7.16. The zero-order valence-corrected chi connectivity index (χ0v) is 19.7. The highest BCUT2D eigenvalue weighted by Gasteiger charge is 2.24. The predicted octanol–water partition coefficient (Wildman–Crippen LogP) is 4.14. The minimum atomic E-state index is 0.550. The zero-order chi connectivity index (χ0) is 22.6. The Morgan fingerprint density at radius 3 is 2.62 bits per heavy atom. The summed E-state index contributed by atoms with van der Waals surface area (Å²) in [4.78, 5) is 7.26. The van der Waals surface area contributed by atoms with Gasteiger partial charge in [-0.25, -0.2) is 0 Å². The van der Waals surface area contributed by atoms with Crippen molar-refractivity contribution >= 4 is 5.96 Å². The van der Waals surface area contributed by atoms with Crippen LogP contribution in [0, 0.1) is 5.92 Å². The second-order valence-corrected chi connectivity index (χ2v) is 8.13. The molecule has 2 aromatic rings. The molecule has 1 unspecified atom stereocenters. The molecule has 1 atom stereocenters. The monoisotopic (exact) mass is 439 g/mol. The fourth-order valence-electron chi connectivity index (χ4n) is 4.01. The van der Waals surface area contributed by atoms with Crippen LogP contribution in [0.1, 0.15) is 30.9 Å². The molecular weight excluding hydrogens is 402 g/mol. The lowest BCUT2D eigenvalue weighted by atomic mass is 10.1. The van der Waals surface area contributed by atoms with Gasteiger partial charge in [0, 0.05) is 32.1 Å².